The number of benzene rings is 1. The average molecular weight is 453 g/mol. The molecule has 1 aliphatic rings. The van der Waals surface area contributed by atoms with E-state index in [4.69, 9.17) is 4.42 Å². The van der Waals surface area contributed by atoms with Crippen LogP contribution in [0.25, 0.3) is 0 Å². The summed E-state index contributed by atoms with van der Waals surface area (Å²) in [4.78, 5) is 29.0. The summed E-state index contributed by atoms with van der Waals surface area (Å²) in [6.45, 7) is 3.59. The number of hydrogen-bond acceptors (Lipinski definition) is 5. The Morgan fingerprint density at radius 2 is 1.91 bits per heavy atom. The largest absolute Gasteiger partial charge is 0.459 e. The van der Waals surface area contributed by atoms with Gasteiger partial charge in [0.1, 0.15) is 6.61 Å². The van der Waals surface area contributed by atoms with Crippen molar-refractivity contribution in [3.8, 4) is 0 Å². The van der Waals surface area contributed by atoms with Crippen LogP contribution >= 0.6 is 0 Å². The fraction of sp³-hybridized carbons (Fsp3) is 0.455. The lowest BCUT2D eigenvalue weighted by Gasteiger charge is -2.34. The van der Waals surface area contributed by atoms with Crippen LogP contribution in [0.5, 0.6) is 0 Å². The second-order valence-corrected chi connectivity index (χ2v) is 7.62. The van der Waals surface area contributed by atoms with Gasteiger partial charge in [-0.1, -0.05) is 6.07 Å². The zero-order valence-electron chi connectivity index (χ0n) is 17.8. The van der Waals surface area contributed by atoms with Crippen LogP contribution in [0, 0.1) is 6.92 Å². The molecule has 0 radical (unpaired) electrons. The third kappa shape index (κ3) is 6.83. The number of nitrogens with one attached hydrogen (secondary N) is 1. The van der Waals surface area contributed by atoms with E-state index < -0.39 is 18.7 Å². The van der Waals surface area contributed by atoms with E-state index in [9.17, 15) is 22.8 Å². The number of carbonyl (C=O) groups is 2. The molecule has 0 aliphatic carbocycles. The smallest absolute Gasteiger partial charge is 0.411 e. The Morgan fingerprint density at radius 1 is 1.16 bits per heavy atom. The zero-order chi connectivity index (χ0) is 23.1. The fourth-order valence-electron chi connectivity index (χ4n) is 3.42. The molecule has 10 heteroatoms. The number of aryl methyl sites for hydroxylation is 1. The van der Waals surface area contributed by atoms with Crippen molar-refractivity contribution in [1.82, 2.24) is 9.80 Å². The molecule has 0 unspecified atom stereocenters. The maximum absolute atomic E-state index is 12.9. The monoisotopic (exact) mass is 453 g/mol. The van der Waals surface area contributed by atoms with E-state index in [1.807, 2.05) is 6.92 Å². The van der Waals surface area contributed by atoms with Crippen molar-refractivity contribution < 1.29 is 31.9 Å². The molecule has 2 heterocycles. The molecule has 1 N–H and O–H groups in total. The van der Waals surface area contributed by atoms with Crippen LogP contribution in [-0.4, -0.2) is 73.7 Å². The number of alkyl halides is 3. The van der Waals surface area contributed by atoms with Gasteiger partial charge in [0.15, 0.2) is 5.76 Å². The van der Waals surface area contributed by atoms with Crippen LogP contribution in [-0.2, 0) is 4.74 Å². The molecule has 0 spiro atoms. The van der Waals surface area contributed by atoms with E-state index in [0.717, 1.165) is 5.56 Å². The van der Waals surface area contributed by atoms with Crippen molar-refractivity contribution in [2.24, 2.45) is 0 Å². The number of piperazine rings is 1. The van der Waals surface area contributed by atoms with E-state index >= 15 is 0 Å². The molecule has 2 aromatic rings. The molecule has 0 bridgehead atoms. The molecule has 2 amide bonds. The molecule has 1 fully saturated rings. The van der Waals surface area contributed by atoms with E-state index in [1.54, 1.807) is 35.2 Å². The van der Waals surface area contributed by atoms with Crippen LogP contribution in [0.1, 0.15) is 32.9 Å². The van der Waals surface area contributed by atoms with Gasteiger partial charge in [-0.3, -0.25) is 14.5 Å². The summed E-state index contributed by atoms with van der Waals surface area (Å²) in [7, 11) is 0. The van der Waals surface area contributed by atoms with Crippen molar-refractivity contribution >= 4 is 17.5 Å². The zero-order valence-corrected chi connectivity index (χ0v) is 17.8. The molecule has 1 saturated heterocycles. The molecular formula is C22H26F3N3O4. The van der Waals surface area contributed by atoms with Crippen molar-refractivity contribution in [2.45, 2.75) is 19.5 Å². The first-order valence-corrected chi connectivity index (χ1v) is 10.3. The number of rotatable bonds is 8. The van der Waals surface area contributed by atoms with Gasteiger partial charge in [-0.05, 0) is 43.2 Å². The van der Waals surface area contributed by atoms with Gasteiger partial charge >= 0.3 is 6.18 Å². The molecule has 0 atom stereocenters. The minimum atomic E-state index is -4.30. The highest BCUT2D eigenvalue weighted by Gasteiger charge is 2.27. The summed E-state index contributed by atoms with van der Waals surface area (Å²) in [5, 5.41) is 2.77. The highest BCUT2D eigenvalue weighted by Crippen LogP contribution is 2.20. The Balaban J connectivity index is 1.48. The van der Waals surface area contributed by atoms with Gasteiger partial charge in [-0.2, -0.15) is 13.2 Å². The third-order valence-electron chi connectivity index (χ3n) is 5.17. The SMILES string of the molecule is Cc1ccc(C(=O)N2CCN(CCCOCC(F)(F)F)CC2)cc1NC(=O)c1ccco1. The first-order chi connectivity index (χ1) is 15.2. The van der Waals surface area contributed by atoms with E-state index in [1.165, 1.54) is 6.26 Å². The number of anilines is 1. The lowest BCUT2D eigenvalue weighted by atomic mass is 10.1. The number of nitrogens with zero attached hydrogens (tertiary/aromatic N) is 2. The number of carbonyl (C=O) groups excluding carboxylic acids is 2. The molecule has 7 nitrogen and oxygen atoms in total. The molecule has 1 aromatic carbocycles. The Morgan fingerprint density at radius 3 is 2.56 bits per heavy atom. The number of halogens is 3. The third-order valence-corrected chi connectivity index (χ3v) is 5.17. The Labute approximate surface area is 184 Å². The molecule has 174 valence electrons. The van der Waals surface area contributed by atoms with Gasteiger partial charge in [0.25, 0.3) is 11.8 Å². The van der Waals surface area contributed by atoms with E-state index in [-0.39, 0.29) is 18.3 Å². The van der Waals surface area contributed by atoms with Crippen LogP contribution < -0.4 is 5.32 Å². The van der Waals surface area contributed by atoms with Gasteiger partial charge in [0.05, 0.1) is 6.26 Å². The highest BCUT2D eigenvalue weighted by atomic mass is 19.4. The fourth-order valence-corrected chi connectivity index (χ4v) is 3.42. The van der Waals surface area contributed by atoms with Gasteiger partial charge in [-0.15, -0.1) is 0 Å². The van der Waals surface area contributed by atoms with Crippen LogP contribution in [0.2, 0.25) is 0 Å². The summed E-state index contributed by atoms with van der Waals surface area (Å²) >= 11 is 0. The number of amides is 2. The number of furan rings is 1. The maximum atomic E-state index is 12.9. The average Bonchev–Trinajstić information content (AvgIpc) is 3.29. The number of ether oxygens (including phenoxy) is 1. The Kier molecular flexibility index (Phi) is 7.92. The highest BCUT2D eigenvalue weighted by molar-refractivity contribution is 6.03. The Hall–Kier alpha value is -2.85. The summed E-state index contributed by atoms with van der Waals surface area (Å²) in [6, 6.07) is 8.34. The van der Waals surface area contributed by atoms with Crippen LogP contribution in [0.15, 0.2) is 41.0 Å². The summed E-state index contributed by atoms with van der Waals surface area (Å²) in [5.74, 6) is -0.344. The summed E-state index contributed by atoms with van der Waals surface area (Å²) in [6.07, 6.45) is -2.39. The molecule has 3 rings (SSSR count). The predicted molar refractivity (Wildman–Crippen MR) is 112 cm³/mol. The standard InChI is InChI=1S/C22H26F3N3O4/c1-16-5-6-17(14-18(16)26-20(29)19-4-2-13-32-19)21(30)28-10-8-27(9-11-28)7-3-12-31-15-22(23,24)25/h2,4-6,13-14H,3,7-12,15H2,1H3,(H,26,29). The second kappa shape index (κ2) is 10.6. The second-order valence-electron chi connectivity index (χ2n) is 7.62. The normalized spacial score (nSPS) is 15.1. The van der Waals surface area contributed by atoms with Gasteiger partial charge < -0.3 is 19.4 Å². The minimum absolute atomic E-state index is 0.0501. The first kappa shape index (κ1) is 23.8. The minimum Gasteiger partial charge on any atom is -0.459 e. The predicted octanol–water partition coefficient (Wildman–Crippen LogP) is 3.57. The van der Waals surface area contributed by atoms with Gasteiger partial charge in [0, 0.05) is 50.6 Å². The van der Waals surface area contributed by atoms with Gasteiger partial charge in [0.2, 0.25) is 0 Å². The van der Waals surface area contributed by atoms with Crippen LogP contribution in [0.4, 0.5) is 18.9 Å². The quantitative estimate of drug-likeness (QED) is 0.619. The molecule has 1 aliphatic heterocycles. The Bertz CT molecular complexity index is 908. The molecular weight excluding hydrogens is 427 g/mol. The lowest BCUT2D eigenvalue weighted by molar-refractivity contribution is -0.174. The topological polar surface area (TPSA) is 75.0 Å². The number of hydrogen-bond donors (Lipinski definition) is 1. The first-order valence-electron chi connectivity index (χ1n) is 10.3. The van der Waals surface area contributed by atoms with Crippen molar-refractivity contribution in [1.29, 1.82) is 0 Å². The van der Waals surface area contributed by atoms with Crippen molar-refractivity contribution in [2.75, 3.05) is 51.3 Å². The summed E-state index contributed by atoms with van der Waals surface area (Å²) < 4.78 is 45.9. The van der Waals surface area contributed by atoms with Gasteiger partial charge in [-0.25, -0.2) is 0 Å². The van der Waals surface area contributed by atoms with Crippen molar-refractivity contribution in [3.05, 3.63) is 53.5 Å². The molecule has 32 heavy (non-hydrogen) atoms. The molecule has 1 aromatic heterocycles. The van der Waals surface area contributed by atoms with Crippen LogP contribution in [0.3, 0.4) is 0 Å². The molecule has 0 saturated carbocycles. The van der Waals surface area contributed by atoms with E-state index in [2.05, 4.69) is 15.0 Å². The maximum Gasteiger partial charge on any atom is 0.411 e. The summed E-state index contributed by atoms with van der Waals surface area (Å²) in [5.41, 5.74) is 1.83. The van der Waals surface area contributed by atoms with E-state index in [0.29, 0.717) is 50.4 Å². The lowest BCUT2D eigenvalue weighted by Crippen LogP contribution is -2.49. The van der Waals surface area contributed by atoms with Crippen molar-refractivity contribution in [3.63, 3.8) is 0 Å².